The molecule has 1 aromatic rings. The highest BCUT2D eigenvalue weighted by molar-refractivity contribution is 6.01. The van der Waals surface area contributed by atoms with E-state index >= 15 is 0 Å². The first kappa shape index (κ1) is 16.5. The molecule has 0 aliphatic heterocycles. The highest BCUT2D eigenvalue weighted by Gasteiger charge is 2.11. The molecular formula is C17H20N2O2. The molecule has 0 bridgehead atoms. The minimum absolute atomic E-state index is 0.0453. The van der Waals surface area contributed by atoms with Gasteiger partial charge in [-0.1, -0.05) is 31.7 Å². The number of benzene rings is 1. The van der Waals surface area contributed by atoms with Gasteiger partial charge in [0.25, 0.3) is 5.91 Å². The zero-order valence-electron chi connectivity index (χ0n) is 12.4. The predicted octanol–water partition coefficient (Wildman–Crippen LogP) is 3.07. The van der Waals surface area contributed by atoms with Crippen LogP contribution in [0.4, 0.5) is 0 Å². The third-order valence-electron chi connectivity index (χ3n) is 2.91. The lowest BCUT2D eigenvalue weighted by Gasteiger charge is -2.10. The van der Waals surface area contributed by atoms with Gasteiger partial charge in [-0.2, -0.15) is 5.26 Å². The maximum absolute atomic E-state index is 11.9. The zero-order valence-corrected chi connectivity index (χ0v) is 12.4. The van der Waals surface area contributed by atoms with Crippen molar-refractivity contribution in [3.63, 3.8) is 0 Å². The first-order valence-electron chi connectivity index (χ1n) is 6.87. The SMILES string of the molecule is C=CCOc1ccc(/C=C(\C#N)C(=O)N[C@@H](C)CC)cc1. The number of nitrogens with one attached hydrogen (secondary N) is 1. The maximum atomic E-state index is 11.9. The van der Waals surface area contributed by atoms with Crippen molar-refractivity contribution in [2.45, 2.75) is 26.3 Å². The Kier molecular flexibility index (Phi) is 6.76. The molecule has 1 N–H and O–H groups in total. The Balaban J connectivity index is 2.81. The second-order valence-electron chi connectivity index (χ2n) is 4.62. The molecule has 0 radical (unpaired) electrons. The van der Waals surface area contributed by atoms with Gasteiger partial charge in [-0.3, -0.25) is 4.79 Å². The lowest BCUT2D eigenvalue weighted by Crippen LogP contribution is -2.32. The second-order valence-corrected chi connectivity index (χ2v) is 4.62. The first-order valence-corrected chi connectivity index (χ1v) is 6.87. The lowest BCUT2D eigenvalue weighted by molar-refractivity contribution is -0.117. The van der Waals surface area contributed by atoms with E-state index in [0.29, 0.717) is 6.61 Å². The zero-order chi connectivity index (χ0) is 15.7. The fourth-order valence-electron chi connectivity index (χ4n) is 1.53. The van der Waals surface area contributed by atoms with Gasteiger partial charge in [0.15, 0.2) is 0 Å². The quantitative estimate of drug-likeness (QED) is 0.475. The van der Waals surface area contributed by atoms with Crippen molar-refractivity contribution in [3.8, 4) is 11.8 Å². The number of carbonyl (C=O) groups is 1. The molecule has 1 atom stereocenters. The highest BCUT2D eigenvalue weighted by Crippen LogP contribution is 2.14. The standard InChI is InChI=1S/C17H20N2O2/c1-4-10-21-16-8-6-14(7-9-16)11-15(12-18)17(20)19-13(3)5-2/h4,6-9,11,13H,1,5,10H2,2-3H3,(H,19,20)/b15-11+/t13-/m0/s1. The fourth-order valence-corrected chi connectivity index (χ4v) is 1.53. The van der Waals surface area contributed by atoms with Gasteiger partial charge in [-0.25, -0.2) is 0 Å². The van der Waals surface area contributed by atoms with E-state index in [0.717, 1.165) is 17.7 Å². The van der Waals surface area contributed by atoms with E-state index in [1.54, 1.807) is 36.4 Å². The molecule has 1 rings (SSSR count). The van der Waals surface area contributed by atoms with E-state index in [1.807, 2.05) is 19.9 Å². The summed E-state index contributed by atoms with van der Waals surface area (Å²) in [7, 11) is 0. The molecule has 0 aliphatic carbocycles. The van der Waals surface area contributed by atoms with Crippen LogP contribution in [0.25, 0.3) is 6.08 Å². The number of carbonyl (C=O) groups excluding carboxylic acids is 1. The smallest absolute Gasteiger partial charge is 0.262 e. The van der Waals surface area contributed by atoms with Crippen LogP contribution >= 0.6 is 0 Å². The third kappa shape index (κ3) is 5.53. The molecule has 110 valence electrons. The van der Waals surface area contributed by atoms with Crippen LogP contribution in [0, 0.1) is 11.3 Å². The Morgan fingerprint density at radius 2 is 2.14 bits per heavy atom. The first-order chi connectivity index (χ1) is 10.1. The number of hydrogen-bond donors (Lipinski definition) is 1. The molecule has 1 aromatic carbocycles. The fraction of sp³-hybridized carbons (Fsp3) is 0.294. The molecule has 0 saturated heterocycles. The Hall–Kier alpha value is -2.54. The Bertz CT molecular complexity index is 553. The Morgan fingerprint density at radius 3 is 2.67 bits per heavy atom. The summed E-state index contributed by atoms with van der Waals surface area (Å²) in [6.07, 6.45) is 4.05. The molecule has 21 heavy (non-hydrogen) atoms. The monoisotopic (exact) mass is 284 g/mol. The van der Waals surface area contributed by atoms with E-state index in [1.165, 1.54) is 0 Å². The van der Waals surface area contributed by atoms with Gasteiger partial charge in [0.2, 0.25) is 0 Å². The number of rotatable bonds is 7. The van der Waals surface area contributed by atoms with Gasteiger partial charge in [-0.05, 0) is 37.1 Å². The van der Waals surface area contributed by atoms with Crippen LogP contribution in [-0.2, 0) is 4.79 Å². The van der Waals surface area contributed by atoms with Crippen molar-refractivity contribution in [1.29, 1.82) is 5.26 Å². The average molecular weight is 284 g/mol. The van der Waals surface area contributed by atoms with Gasteiger partial charge in [0.05, 0.1) is 0 Å². The molecule has 0 fully saturated rings. The van der Waals surface area contributed by atoms with E-state index < -0.39 is 0 Å². The minimum atomic E-state index is -0.348. The molecule has 1 amide bonds. The molecule has 0 saturated carbocycles. The van der Waals surface area contributed by atoms with E-state index in [-0.39, 0.29) is 17.5 Å². The largest absolute Gasteiger partial charge is 0.490 e. The average Bonchev–Trinajstić information content (AvgIpc) is 2.51. The van der Waals surface area contributed by atoms with Crippen LogP contribution in [0.15, 0.2) is 42.5 Å². The van der Waals surface area contributed by atoms with Gasteiger partial charge in [0.1, 0.15) is 24.0 Å². The molecule has 4 nitrogen and oxygen atoms in total. The maximum Gasteiger partial charge on any atom is 0.262 e. The van der Waals surface area contributed by atoms with Crippen LogP contribution in [-0.4, -0.2) is 18.6 Å². The van der Waals surface area contributed by atoms with Crippen molar-refractivity contribution in [2.24, 2.45) is 0 Å². The minimum Gasteiger partial charge on any atom is -0.490 e. The normalized spacial score (nSPS) is 12.1. The lowest BCUT2D eigenvalue weighted by atomic mass is 10.1. The van der Waals surface area contributed by atoms with Crippen LogP contribution < -0.4 is 10.1 Å². The summed E-state index contributed by atoms with van der Waals surface area (Å²) >= 11 is 0. The summed E-state index contributed by atoms with van der Waals surface area (Å²) in [4.78, 5) is 11.9. The van der Waals surface area contributed by atoms with Crippen molar-refractivity contribution >= 4 is 12.0 Å². The number of hydrogen-bond acceptors (Lipinski definition) is 3. The molecule has 0 heterocycles. The van der Waals surface area contributed by atoms with Crippen LogP contribution in [0.5, 0.6) is 5.75 Å². The summed E-state index contributed by atoms with van der Waals surface area (Å²) in [6, 6.07) is 9.15. The predicted molar refractivity (Wildman–Crippen MR) is 83.6 cm³/mol. The second kappa shape index (κ2) is 8.60. The van der Waals surface area contributed by atoms with E-state index in [4.69, 9.17) is 10.00 Å². The van der Waals surface area contributed by atoms with Gasteiger partial charge >= 0.3 is 0 Å². The Morgan fingerprint density at radius 1 is 1.48 bits per heavy atom. The van der Waals surface area contributed by atoms with Crippen LogP contribution in [0.1, 0.15) is 25.8 Å². The highest BCUT2D eigenvalue weighted by atomic mass is 16.5. The van der Waals surface area contributed by atoms with E-state index in [9.17, 15) is 4.79 Å². The van der Waals surface area contributed by atoms with Crippen molar-refractivity contribution < 1.29 is 9.53 Å². The number of amides is 1. The van der Waals surface area contributed by atoms with Gasteiger partial charge in [0, 0.05) is 6.04 Å². The topological polar surface area (TPSA) is 62.1 Å². The van der Waals surface area contributed by atoms with Crippen LogP contribution in [0.3, 0.4) is 0 Å². The molecule has 0 aliphatic rings. The molecule has 0 aromatic heterocycles. The molecule has 0 spiro atoms. The number of nitrogens with zero attached hydrogens (tertiary/aromatic N) is 1. The number of ether oxygens (including phenoxy) is 1. The van der Waals surface area contributed by atoms with Crippen molar-refractivity contribution in [3.05, 3.63) is 48.1 Å². The molecule has 0 unspecified atom stereocenters. The van der Waals surface area contributed by atoms with Gasteiger partial charge < -0.3 is 10.1 Å². The molecule has 4 heteroatoms. The summed E-state index contributed by atoms with van der Waals surface area (Å²) in [6.45, 7) is 7.90. The summed E-state index contributed by atoms with van der Waals surface area (Å²) in [5.74, 6) is 0.369. The van der Waals surface area contributed by atoms with Crippen LogP contribution in [0.2, 0.25) is 0 Å². The van der Waals surface area contributed by atoms with Gasteiger partial charge in [-0.15, -0.1) is 0 Å². The summed E-state index contributed by atoms with van der Waals surface area (Å²) in [5.41, 5.74) is 0.867. The number of nitriles is 1. The van der Waals surface area contributed by atoms with Crippen molar-refractivity contribution in [1.82, 2.24) is 5.32 Å². The summed E-state index contributed by atoms with van der Waals surface area (Å²) in [5, 5.41) is 11.9. The Labute approximate surface area is 125 Å². The van der Waals surface area contributed by atoms with E-state index in [2.05, 4.69) is 11.9 Å². The van der Waals surface area contributed by atoms with Crippen molar-refractivity contribution in [2.75, 3.05) is 6.61 Å². The third-order valence-corrected chi connectivity index (χ3v) is 2.91. The molecular weight excluding hydrogens is 264 g/mol. The summed E-state index contributed by atoms with van der Waals surface area (Å²) < 4.78 is 5.37.